The Morgan fingerprint density at radius 3 is 2.24 bits per heavy atom. The summed E-state index contributed by atoms with van der Waals surface area (Å²) in [5, 5.41) is 0. The normalized spacial score (nSPS) is 12.2. The van der Waals surface area contributed by atoms with Gasteiger partial charge >= 0.3 is 18.5 Å². The average Bonchev–Trinajstić information content (AvgIpc) is 2.33. The van der Waals surface area contributed by atoms with Crippen LogP contribution in [-0.2, 0) is 16.8 Å². The smallest absolute Gasteiger partial charge is 0.465 e. The first-order valence-electron chi connectivity index (χ1n) is 5.00. The number of nitrogens with zero attached hydrogens (tertiary/aromatic N) is 1. The number of hydrogen-bond donors (Lipinski definition) is 0. The third-order valence-electron chi connectivity index (χ3n) is 2.13. The number of alkyl halides is 7. The van der Waals surface area contributed by atoms with Crippen LogP contribution in [0, 0.1) is 0 Å². The minimum Gasteiger partial charge on any atom is -0.465 e. The highest BCUT2D eigenvalue weighted by Gasteiger charge is 2.40. The molecule has 0 aromatic carbocycles. The van der Waals surface area contributed by atoms with Gasteiger partial charge < -0.3 is 9.47 Å². The second-order valence-electron chi connectivity index (χ2n) is 3.51. The molecular formula is C10H6ClF6NO3. The van der Waals surface area contributed by atoms with Crippen LogP contribution < -0.4 is 4.74 Å². The van der Waals surface area contributed by atoms with Gasteiger partial charge in [0.2, 0.25) is 5.88 Å². The van der Waals surface area contributed by atoms with Gasteiger partial charge in [-0.05, 0) is 0 Å². The fourth-order valence-corrected chi connectivity index (χ4v) is 1.65. The lowest BCUT2D eigenvalue weighted by molar-refractivity contribution is -0.276. The molecule has 0 atom stereocenters. The van der Waals surface area contributed by atoms with E-state index in [4.69, 9.17) is 11.6 Å². The van der Waals surface area contributed by atoms with Crippen molar-refractivity contribution in [3.05, 3.63) is 22.9 Å². The van der Waals surface area contributed by atoms with E-state index in [1.807, 2.05) is 0 Å². The van der Waals surface area contributed by atoms with Crippen molar-refractivity contribution in [2.45, 2.75) is 18.4 Å². The molecule has 4 nitrogen and oxygen atoms in total. The van der Waals surface area contributed by atoms with Crippen molar-refractivity contribution in [1.82, 2.24) is 4.98 Å². The van der Waals surface area contributed by atoms with Gasteiger partial charge in [-0.2, -0.15) is 13.2 Å². The van der Waals surface area contributed by atoms with Gasteiger partial charge in [-0.3, -0.25) is 0 Å². The van der Waals surface area contributed by atoms with Crippen LogP contribution >= 0.6 is 11.6 Å². The lowest BCUT2D eigenvalue weighted by atomic mass is 10.1. The van der Waals surface area contributed by atoms with Gasteiger partial charge in [-0.15, -0.1) is 24.8 Å². The predicted octanol–water partition coefficient (Wildman–Crippen LogP) is 3.52. The van der Waals surface area contributed by atoms with Crippen LogP contribution in [0.25, 0.3) is 0 Å². The molecule has 0 unspecified atom stereocenters. The molecule has 0 amide bonds. The van der Waals surface area contributed by atoms with Crippen LogP contribution in [0.5, 0.6) is 5.88 Å². The fourth-order valence-electron chi connectivity index (χ4n) is 1.38. The Bertz CT molecular complexity index is 543. The van der Waals surface area contributed by atoms with Gasteiger partial charge in [0, 0.05) is 11.6 Å². The number of ether oxygens (including phenoxy) is 2. The number of carbonyl (C=O) groups is 1. The summed E-state index contributed by atoms with van der Waals surface area (Å²) in [6.45, 7) is 0. The Morgan fingerprint density at radius 2 is 1.86 bits per heavy atom. The Morgan fingerprint density at radius 1 is 1.29 bits per heavy atom. The Kier molecular flexibility index (Phi) is 4.92. The number of aromatic nitrogens is 1. The summed E-state index contributed by atoms with van der Waals surface area (Å²) in [5.41, 5.74) is -3.36. The van der Waals surface area contributed by atoms with Gasteiger partial charge in [0.25, 0.3) is 0 Å². The van der Waals surface area contributed by atoms with Crippen molar-refractivity contribution in [1.29, 1.82) is 0 Å². The second-order valence-corrected chi connectivity index (χ2v) is 3.77. The molecule has 0 saturated heterocycles. The molecule has 1 heterocycles. The van der Waals surface area contributed by atoms with Crippen LogP contribution in [0.2, 0.25) is 0 Å². The Hall–Kier alpha value is -1.71. The molecule has 0 aliphatic heterocycles. The van der Waals surface area contributed by atoms with E-state index in [1.165, 1.54) is 0 Å². The Labute approximate surface area is 118 Å². The topological polar surface area (TPSA) is 48.4 Å². The molecule has 0 bridgehead atoms. The van der Waals surface area contributed by atoms with Gasteiger partial charge in [0.05, 0.1) is 18.6 Å². The Balaban J connectivity index is 3.54. The largest absolute Gasteiger partial charge is 0.574 e. The van der Waals surface area contributed by atoms with Crippen LogP contribution in [0.3, 0.4) is 0 Å². The van der Waals surface area contributed by atoms with Crippen molar-refractivity contribution < 1.29 is 40.6 Å². The highest BCUT2D eigenvalue weighted by molar-refractivity contribution is 6.17. The lowest BCUT2D eigenvalue weighted by Crippen LogP contribution is -2.22. The summed E-state index contributed by atoms with van der Waals surface area (Å²) in [6, 6.07) is 0.381. The third kappa shape index (κ3) is 4.38. The van der Waals surface area contributed by atoms with Crippen molar-refractivity contribution >= 4 is 17.6 Å². The number of hydrogen-bond acceptors (Lipinski definition) is 4. The molecular weight excluding hydrogens is 332 g/mol. The summed E-state index contributed by atoms with van der Waals surface area (Å²) in [7, 11) is 0.846. The molecule has 11 heteroatoms. The van der Waals surface area contributed by atoms with Crippen molar-refractivity contribution in [2.75, 3.05) is 7.11 Å². The zero-order chi connectivity index (χ0) is 16.4. The van der Waals surface area contributed by atoms with Crippen LogP contribution in [0.4, 0.5) is 26.3 Å². The lowest BCUT2D eigenvalue weighted by Gasteiger charge is -2.16. The minimum absolute atomic E-state index is 0.381. The van der Waals surface area contributed by atoms with E-state index < -0.39 is 47.1 Å². The first kappa shape index (κ1) is 17.3. The molecule has 0 spiro atoms. The van der Waals surface area contributed by atoms with Crippen LogP contribution in [0.1, 0.15) is 21.6 Å². The minimum atomic E-state index is -5.27. The maximum absolute atomic E-state index is 12.8. The first-order valence-corrected chi connectivity index (χ1v) is 5.54. The van der Waals surface area contributed by atoms with E-state index in [0.29, 0.717) is 6.07 Å². The summed E-state index contributed by atoms with van der Waals surface area (Å²) in [4.78, 5) is 14.1. The van der Waals surface area contributed by atoms with Crippen LogP contribution in [-0.4, -0.2) is 24.4 Å². The zero-order valence-electron chi connectivity index (χ0n) is 10.1. The van der Waals surface area contributed by atoms with E-state index >= 15 is 0 Å². The van der Waals surface area contributed by atoms with Gasteiger partial charge in [0.1, 0.15) is 0 Å². The molecule has 0 saturated carbocycles. The van der Waals surface area contributed by atoms with Crippen molar-refractivity contribution in [2.24, 2.45) is 0 Å². The zero-order valence-corrected chi connectivity index (χ0v) is 10.9. The van der Waals surface area contributed by atoms with Gasteiger partial charge in [-0.1, -0.05) is 0 Å². The SMILES string of the molecule is COC(=O)c1cc(OC(F)(F)F)nc(C(F)(F)F)c1CCl. The molecule has 1 rings (SSSR count). The summed E-state index contributed by atoms with van der Waals surface area (Å²) in [5.74, 6) is -3.55. The fraction of sp³-hybridized carbons (Fsp3) is 0.400. The average molecular weight is 338 g/mol. The molecule has 0 aliphatic carbocycles. The van der Waals surface area contributed by atoms with Gasteiger partial charge in [0.15, 0.2) is 5.69 Å². The molecule has 21 heavy (non-hydrogen) atoms. The highest BCUT2D eigenvalue weighted by atomic mass is 35.5. The standard InChI is InChI=1S/C10H6ClF6NO3/c1-20-8(19)4-2-6(21-10(15,16)17)18-7(5(4)3-11)9(12,13)14/h2H,3H2,1H3. The van der Waals surface area contributed by atoms with E-state index in [2.05, 4.69) is 14.5 Å². The third-order valence-corrected chi connectivity index (χ3v) is 2.40. The van der Waals surface area contributed by atoms with Crippen molar-refractivity contribution in [3.63, 3.8) is 0 Å². The maximum atomic E-state index is 12.8. The molecule has 1 aromatic heterocycles. The van der Waals surface area contributed by atoms with E-state index in [1.54, 1.807) is 0 Å². The van der Waals surface area contributed by atoms with Crippen LogP contribution in [0.15, 0.2) is 6.07 Å². The number of rotatable bonds is 3. The monoisotopic (exact) mass is 337 g/mol. The number of pyridine rings is 1. The van der Waals surface area contributed by atoms with E-state index in [-0.39, 0.29) is 0 Å². The molecule has 0 N–H and O–H groups in total. The number of esters is 1. The molecule has 118 valence electrons. The number of methoxy groups -OCH3 is 1. The van der Waals surface area contributed by atoms with E-state index in [9.17, 15) is 31.1 Å². The molecule has 0 aliphatic rings. The summed E-state index contributed by atoms with van der Waals surface area (Å²) < 4.78 is 82.1. The first-order chi connectivity index (χ1) is 9.49. The van der Waals surface area contributed by atoms with Crippen molar-refractivity contribution in [3.8, 4) is 5.88 Å². The van der Waals surface area contributed by atoms with Gasteiger partial charge in [-0.25, -0.2) is 9.78 Å². The second kappa shape index (κ2) is 5.96. The summed E-state index contributed by atoms with van der Waals surface area (Å²) >= 11 is 5.32. The molecule has 1 aromatic rings. The summed E-state index contributed by atoms with van der Waals surface area (Å²) in [6.07, 6.45) is -10.4. The quantitative estimate of drug-likeness (QED) is 0.481. The maximum Gasteiger partial charge on any atom is 0.574 e. The highest BCUT2D eigenvalue weighted by Crippen LogP contribution is 2.36. The predicted molar refractivity (Wildman–Crippen MR) is 56.8 cm³/mol. The molecule has 0 fully saturated rings. The number of halogens is 7. The molecule has 0 radical (unpaired) electrons. The van der Waals surface area contributed by atoms with E-state index in [0.717, 1.165) is 7.11 Å². The number of carbonyl (C=O) groups excluding carboxylic acids is 1.